The maximum absolute atomic E-state index is 12.9. The second-order valence-electron chi connectivity index (χ2n) is 5.25. The van der Waals surface area contributed by atoms with Gasteiger partial charge in [-0.25, -0.2) is 0 Å². The van der Waals surface area contributed by atoms with Crippen molar-refractivity contribution < 1.29 is 4.79 Å². The van der Waals surface area contributed by atoms with E-state index in [4.69, 9.17) is 11.6 Å². The number of piperazine rings is 1. The molecule has 1 saturated heterocycles. The summed E-state index contributed by atoms with van der Waals surface area (Å²) in [4.78, 5) is 17.1. The van der Waals surface area contributed by atoms with Gasteiger partial charge in [0.25, 0.3) is 0 Å². The number of halogens is 1. The van der Waals surface area contributed by atoms with Crippen LogP contribution in [-0.4, -0.2) is 55.0 Å². The van der Waals surface area contributed by atoms with Gasteiger partial charge in [0.15, 0.2) is 0 Å². The smallest absolute Gasteiger partial charge is 0.244 e. The number of carbonyl (C=O) groups is 1. The van der Waals surface area contributed by atoms with Crippen LogP contribution in [0.1, 0.15) is 25.5 Å². The van der Waals surface area contributed by atoms with Crippen LogP contribution in [0.25, 0.3) is 0 Å². The second-order valence-corrected chi connectivity index (χ2v) is 5.69. The lowest BCUT2D eigenvalue weighted by molar-refractivity contribution is -0.137. The Morgan fingerprint density at radius 2 is 2.00 bits per heavy atom. The van der Waals surface area contributed by atoms with E-state index in [1.807, 2.05) is 43.0 Å². The van der Waals surface area contributed by atoms with Crippen LogP contribution >= 0.6 is 11.6 Å². The molecule has 1 aliphatic rings. The Morgan fingerprint density at radius 3 is 2.57 bits per heavy atom. The molecule has 1 amide bonds. The average molecular weight is 310 g/mol. The molecular formula is C16H24ClN3O. The molecule has 1 fully saturated rings. The van der Waals surface area contributed by atoms with Crippen molar-refractivity contribution in [3.8, 4) is 0 Å². The largest absolute Gasteiger partial charge is 0.342 e. The van der Waals surface area contributed by atoms with E-state index < -0.39 is 0 Å². The van der Waals surface area contributed by atoms with Gasteiger partial charge in [-0.2, -0.15) is 0 Å². The van der Waals surface area contributed by atoms with Crippen LogP contribution in [0.15, 0.2) is 24.3 Å². The lowest BCUT2D eigenvalue weighted by Crippen LogP contribution is -2.50. The van der Waals surface area contributed by atoms with E-state index in [0.717, 1.165) is 44.8 Å². The molecule has 1 aromatic carbocycles. The predicted molar refractivity (Wildman–Crippen MR) is 86.6 cm³/mol. The first-order valence-electron chi connectivity index (χ1n) is 7.66. The van der Waals surface area contributed by atoms with Crippen molar-refractivity contribution in [1.82, 2.24) is 15.1 Å². The summed E-state index contributed by atoms with van der Waals surface area (Å²) in [6.45, 7) is 9.11. The van der Waals surface area contributed by atoms with E-state index in [0.29, 0.717) is 5.02 Å². The van der Waals surface area contributed by atoms with Crippen molar-refractivity contribution in [1.29, 1.82) is 0 Å². The number of hydrogen-bond donors (Lipinski definition) is 1. The quantitative estimate of drug-likeness (QED) is 0.905. The molecule has 5 heteroatoms. The van der Waals surface area contributed by atoms with Gasteiger partial charge in [0, 0.05) is 44.3 Å². The Kier molecular flexibility index (Phi) is 6.03. The molecule has 0 aromatic heterocycles. The Morgan fingerprint density at radius 1 is 1.33 bits per heavy atom. The van der Waals surface area contributed by atoms with Crippen LogP contribution in [0.5, 0.6) is 0 Å². The predicted octanol–water partition coefficient (Wildman–Crippen LogP) is 2.15. The highest BCUT2D eigenvalue weighted by atomic mass is 35.5. The van der Waals surface area contributed by atoms with E-state index in [1.165, 1.54) is 0 Å². The van der Waals surface area contributed by atoms with Gasteiger partial charge in [0.05, 0.1) is 0 Å². The van der Waals surface area contributed by atoms with Gasteiger partial charge < -0.3 is 10.2 Å². The minimum absolute atomic E-state index is 0.171. The van der Waals surface area contributed by atoms with E-state index in [2.05, 4.69) is 10.2 Å². The Bertz CT molecular complexity index is 470. The summed E-state index contributed by atoms with van der Waals surface area (Å²) in [6.07, 6.45) is 0. The third kappa shape index (κ3) is 3.96. The summed E-state index contributed by atoms with van der Waals surface area (Å²) < 4.78 is 0. The lowest BCUT2D eigenvalue weighted by atomic mass is 10.0. The van der Waals surface area contributed by atoms with Crippen LogP contribution in [0.4, 0.5) is 0 Å². The number of nitrogens with one attached hydrogen (secondary N) is 1. The summed E-state index contributed by atoms with van der Waals surface area (Å²) in [5, 5.41) is 4.02. The highest BCUT2D eigenvalue weighted by molar-refractivity contribution is 6.30. The molecule has 0 aliphatic carbocycles. The van der Waals surface area contributed by atoms with Crippen LogP contribution < -0.4 is 5.32 Å². The number of benzene rings is 1. The number of likely N-dealkylation sites (N-methyl/N-ethyl adjacent to an activating group) is 1. The maximum atomic E-state index is 12.9. The minimum atomic E-state index is -0.231. The van der Waals surface area contributed by atoms with Crippen molar-refractivity contribution >= 4 is 17.5 Å². The number of rotatable bonds is 5. The molecule has 21 heavy (non-hydrogen) atoms. The molecule has 0 saturated carbocycles. The zero-order valence-electron chi connectivity index (χ0n) is 12.8. The first kappa shape index (κ1) is 16.3. The Balaban J connectivity index is 2.31. The van der Waals surface area contributed by atoms with Gasteiger partial charge in [-0.1, -0.05) is 23.7 Å². The Labute approximate surface area is 132 Å². The number of hydrogen-bond acceptors (Lipinski definition) is 3. The summed E-state index contributed by atoms with van der Waals surface area (Å²) in [5.74, 6) is 0.171. The number of nitrogens with zero attached hydrogens (tertiary/aromatic N) is 2. The molecule has 1 aromatic rings. The summed E-state index contributed by atoms with van der Waals surface area (Å²) in [6, 6.07) is 7.45. The molecule has 4 nitrogen and oxygen atoms in total. The van der Waals surface area contributed by atoms with Gasteiger partial charge in [0.1, 0.15) is 6.04 Å². The third-order valence-corrected chi connectivity index (χ3v) is 4.23. The van der Waals surface area contributed by atoms with Gasteiger partial charge in [0.2, 0.25) is 5.91 Å². The molecule has 1 heterocycles. The second kappa shape index (κ2) is 7.78. The molecule has 1 unspecified atom stereocenters. The molecule has 0 spiro atoms. The molecular weight excluding hydrogens is 286 g/mol. The van der Waals surface area contributed by atoms with Gasteiger partial charge in [-0.3, -0.25) is 9.69 Å². The highest BCUT2D eigenvalue weighted by Gasteiger charge is 2.31. The minimum Gasteiger partial charge on any atom is -0.342 e. The SMILES string of the molecule is CCN(CC)C(=O)C(c1cccc(Cl)c1)N1CCNCC1. The van der Waals surface area contributed by atoms with Gasteiger partial charge >= 0.3 is 0 Å². The van der Waals surface area contributed by atoms with Crippen molar-refractivity contribution in [2.45, 2.75) is 19.9 Å². The standard InChI is InChI=1S/C16H24ClN3O/c1-3-19(4-2)16(21)15(20-10-8-18-9-11-20)13-6-5-7-14(17)12-13/h5-7,12,15,18H,3-4,8-11H2,1-2H3. The Hall–Kier alpha value is -1.10. The van der Waals surface area contributed by atoms with E-state index >= 15 is 0 Å². The molecule has 1 atom stereocenters. The number of carbonyl (C=O) groups excluding carboxylic acids is 1. The fraction of sp³-hybridized carbons (Fsp3) is 0.562. The van der Waals surface area contributed by atoms with Crippen LogP contribution in [0.2, 0.25) is 5.02 Å². The van der Waals surface area contributed by atoms with Crippen molar-refractivity contribution in [3.05, 3.63) is 34.9 Å². The normalized spacial score (nSPS) is 17.5. The highest BCUT2D eigenvalue weighted by Crippen LogP contribution is 2.26. The molecule has 0 bridgehead atoms. The van der Waals surface area contributed by atoms with Crippen molar-refractivity contribution in [2.75, 3.05) is 39.3 Å². The fourth-order valence-corrected chi connectivity index (χ4v) is 3.03. The van der Waals surface area contributed by atoms with Crippen molar-refractivity contribution in [2.24, 2.45) is 0 Å². The van der Waals surface area contributed by atoms with Gasteiger partial charge in [-0.15, -0.1) is 0 Å². The summed E-state index contributed by atoms with van der Waals surface area (Å²) in [5.41, 5.74) is 0.987. The fourth-order valence-electron chi connectivity index (χ4n) is 2.83. The molecule has 0 radical (unpaired) electrons. The zero-order valence-corrected chi connectivity index (χ0v) is 13.6. The van der Waals surface area contributed by atoms with Crippen molar-refractivity contribution in [3.63, 3.8) is 0 Å². The number of amides is 1. The maximum Gasteiger partial charge on any atom is 0.244 e. The van der Waals surface area contributed by atoms with Gasteiger partial charge in [-0.05, 0) is 31.5 Å². The van der Waals surface area contributed by atoms with E-state index in [-0.39, 0.29) is 11.9 Å². The molecule has 2 rings (SSSR count). The first-order valence-corrected chi connectivity index (χ1v) is 8.04. The summed E-state index contributed by atoms with van der Waals surface area (Å²) >= 11 is 6.12. The molecule has 116 valence electrons. The van der Waals surface area contributed by atoms with Crippen LogP contribution in [0, 0.1) is 0 Å². The summed E-state index contributed by atoms with van der Waals surface area (Å²) in [7, 11) is 0. The molecule has 1 aliphatic heterocycles. The first-order chi connectivity index (χ1) is 10.2. The monoisotopic (exact) mass is 309 g/mol. The lowest BCUT2D eigenvalue weighted by Gasteiger charge is -2.36. The average Bonchev–Trinajstić information content (AvgIpc) is 2.50. The van der Waals surface area contributed by atoms with E-state index in [9.17, 15) is 4.79 Å². The topological polar surface area (TPSA) is 35.6 Å². The van der Waals surface area contributed by atoms with Crippen LogP contribution in [0.3, 0.4) is 0 Å². The zero-order chi connectivity index (χ0) is 15.2. The third-order valence-electron chi connectivity index (χ3n) is 3.99. The molecule has 1 N–H and O–H groups in total. The van der Waals surface area contributed by atoms with Crippen LogP contribution in [-0.2, 0) is 4.79 Å². The van der Waals surface area contributed by atoms with E-state index in [1.54, 1.807) is 0 Å².